The first kappa shape index (κ1) is 21.3. The summed E-state index contributed by atoms with van der Waals surface area (Å²) < 4.78 is 31.9. The molecule has 0 bridgehead atoms. The van der Waals surface area contributed by atoms with Crippen LogP contribution in [0.3, 0.4) is 0 Å². The van der Waals surface area contributed by atoms with Crippen molar-refractivity contribution in [2.75, 3.05) is 13.7 Å². The number of methoxy groups -OCH3 is 1. The molecule has 1 aromatic heterocycles. The number of carbonyl (C=O) groups excluding carboxylic acids is 1. The van der Waals surface area contributed by atoms with Crippen LogP contribution in [-0.4, -0.2) is 38.6 Å². The molecule has 0 radical (unpaired) electrons. The van der Waals surface area contributed by atoms with Crippen molar-refractivity contribution in [2.45, 2.75) is 36.9 Å². The first-order valence-electron chi connectivity index (χ1n) is 6.41. The highest BCUT2D eigenvalue weighted by atomic mass is 35.5. The lowest BCUT2D eigenvalue weighted by molar-refractivity contribution is 0.0590. The average molecular weight is 372 g/mol. The second-order valence-corrected chi connectivity index (χ2v) is 8.18. The van der Waals surface area contributed by atoms with Crippen LogP contribution in [0.4, 0.5) is 0 Å². The third-order valence-electron chi connectivity index (χ3n) is 2.85. The molecular formula is C12H22ClN3O4S2. The maximum absolute atomic E-state index is 12.5. The number of ether oxygens (including phenoxy) is 1. The molecule has 1 rings (SSSR count). The summed E-state index contributed by atoms with van der Waals surface area (Å²) in [6.45, 7) is 5.85. The SMILES string of the molecule is COC(=O)c1ncsc1S(=O)(=O)NC(C)(CN)CC(C)C.Cl. The van der Waals surface area contributed by atoms with Crippen LogP contribution in [0.15, 0.2) is 9.72 Å². The van der Waals surface area contributed by atoms with Gasteiger partial charge in [0.05, 0.1) is 12.6 Å². The van der Waals surface area contributed by atoms with Crippen molar-refractivity contribution in [3.8, 4) is 0 Å². The van der Waals surface area contributed by atoms with Gasteiger partial charge in [-0.05, 0) is 19.3 Å². The smallest absolute Gasteiger partial charge is 0.358 e. The van der Waals surface area contributed by atoms with Crippen molar-refractivity contribution >= 4 is 39.7 Å². The molecular weight excluding hydrogens is 350 g/mol. The minimum atomic E-state index is -3.89. The van der Waals surface area contributed by atoms with Gasteiger partial charge in [-0.15, -0.1) is 23.7 Å². The van der Waals surface area contributed by atoms with Gasteiger partial charge in [-0.2, -0.15) is 0 Å². The van der Waals surface area contributed by atoms with Gasteiger partial charge in [0.1, 0.15) is 0 Å². The number of nitrogens with two attached hydrogens (primary N) is 1. The molecule has 7 nitrogen and oxygen atoms in total. The molecule has 0 saturated carbocycles. The van der Waals surface area contributed by atoms with E-state index in [0.29, 0.717) is 6.42 Å². The normalized spacial score (nSPS) is 14.3. The highest BCUT2D eigenvalue weighted by molar-refractivity contribution is 7.91. The molecule has 10 heteroatoms. The van der Waals surface area contributed by atoms with E-state index >= 15 is 0 Å². The van der Waals surface area contributed by atoms with E-state index in [1.165, 1.54) is 12.6 Å². The minimum Gasteiger partial charge on any atom is -0.464 e. The summed E-state index contributed by atoms with van der Waals surface area (Å²) in [7, 11) is -2.72. The molecule has 1 aromatic rings. The van der Waals surface area contributed by atoms with Gasteiger partial charge in [0.15, 0.2) is 9.90 Å². The van der Waals surface area contributed by atoms with Crippen molar-refractivity contribution < 1.29 is 17.9 Å². The summed E-state index contributed by atoms with van der Waals surface area (Å²) in [5.41, 5.74) is 6.01. The standard InChI is InChI=1S/C12H21N3O4S2.ClH/c1-8(2)5-12(3,6-13)15-21(17,18)11-9(10(16)19-4)14-7-20-11;/h7-8,15H,5-6,13H2,1-4H3;1H. The maximum Gasteiger partial charge on any atom is 0.358 e. The number of halogens is 1. The first-order chi connectivity index (χ1) is 9.65. The number of thiazole rings is 1. The Hall–Kier alpha value is -0.740. The monoisotopic (exact) mass is 371 g/mol. The second kappa shape index (κ2) is 8.21. The van der Waals surface area contributed by atoms with E-state index in [0.717, 1.165) is 11.3 Å². The van der Waals surface area contributed by atoms with E-state index in [2.05, 4.69) is 14.4 Å². The molecule has 0 aliphatic rings. The highest BCUT2D eigenvalue weighted by Crippen LogP contribution is 2.24. The number of hydrogen-bond acceptors (Lipinski definition) is 7. The van der Waals surface area contributed by atoms with Crippen molar-refractivity contribution in [3.63, 3.8) is 0 Å². The highest BCUT2D eigenvalue weighted by Gasteiger charge is 2.34. The number of hydrogen-bond donors (Lipinski definition) is 2. The summed E-state index contributed by atoms with van der Waals surface area (Å²) >= 11 is 0.867. The first-order valence-corrected chi connectivity index (χ1v) is 8.77. The van der Waals surface area contributed by atoms with E-state index in [-0.39, 0.29) is 34.8 Å². The zero-order valence-corrected chi connectivity index (χ0v) is 15.4. The Balaban J connectivity index is 0.00000441. The number of sulfonamides is 1. The van der Waals surface area contributed by atoms with Crippen molar-refractivity contribution in [1.82, 2.24) is 9.71 Å². The molecule has 0 aliphatic carbocycles. The Morgan fingerprint density at radius 2 is 2.14 bits per heavy atom. The summed E-state index contributed by atoms with van der Waals surface area (Å²) in [5, 5.41) is 0. The van der Waals surface area contributed by atoms with Crippen LogP contribution in [-0.2, 0) is 14.8 Å². The van der Waals surface area contributed by atoms with E-state index in [4.69, 9.17) is 5.73 Å². The molecule has 1 atom stereocenters. The van der Waals surface area contributed by atoms with Gasteiger partial charge < -0.3 is 10.5 Å². The maximum atomic E-state index is 12.5. The number of aromatic nitrogens is 1. The second-order valence-electron chi connectivity index (χ2n) is 5.45. The van der Waals surface area contributed by atoms with Gasteiger partial charge in [0.25, 0.3) is 10.0 Å². The van der Waals surface area contributed by atoms with Crippen LogP contribution in [0.25, 0.3) is 0 Å². The third kappa shape index (κ3) is 5.17. The van der Waals surface area contributed by atoms with Crippen molar-refractivity contribution in [1.29, 1.82) is 0 Å². The lowest BCUT2D eigenvalue weighted by Gasteiger charge is -2.30. The van der Waals surface area contributed by atoms with Crippen LogP contribution in [0, 0.1) is 5.92 Å². The van der Waals surface area contributed by atoms with Gasteiger partial charge in [-0.1, -0.05) is 13.8 Å². The van der Waals surface area contributed by atoms with Gasteiger partial charge in [0, 0.05) is 12.1 Å². The predicted octanol–water partition coefficient (Wildman–Crippen LogP) is 1.39. The summed E-state index contributed by atoms with van der Waals surface area (Å²) in [6, 6.07) is 0. The topological polar surface area (TPSA) is 111 Å². The Bertz CT molecular complexity index is 603. The quantitative estimate of drug-likeness (QED) is 0.700. The van der Waals surface area contributed by atoms with Crippen LogP contribution < -0.4 is 10.5 Å². The Kier molecular flexibility index (Phi) is 7.93. The Morgan fingerprint density at radius 3 is 2.59 bits per heavy atom. The molecule has 1 heterocycles. The molecule has 0 aromatic carbocycles. The fraction of sp³-hybridized carbons (Fsp3) is 0.667. The van der Waals surface area contributed by atoms with Gasteiger partial charge in [-0.3, -0.25) is 0 Å². The van der Waals surface area contributed by atoms with E-state index in [9.17, 15) is 13.2 Å². The zero-order chi connectivity index (χ0) is 16.3. The third-order valence-corrected chi connectivity index (χ3v) is 5.86. The Labute approximate surface area is 141 Å². The number of esters is 1. The van der Waals surface area contributed by atoms with E-state index < -0.39 is 21.5 Å². The minimum absolute atomic E-state index is 0. The molecule has 0 amide bonds. The van der Waals surface area contributed by atoms with E-state index in [1.54, 1.807) is 6.92 Å². The lowest BCUT2D eigenvalue weighted by atomic mass is 9.92. The lowest BCUT2D eigenvalue weighted by Crippen LogP contribution is -2.52. The molecule has 3 N–H and O–H groups in total. The number of rotatable bonds is 7. The van der Waals surface area contributed by atoms with Gasteiger partial charge in [-0.25, -0.2) is 22.9 Å². The van der Waals surface area contributed by atoms with Gasteiger partial charge >= 0.3 is 5.97 Å². The van der Waals surface area contributed by atoms with Crippen LogP contribution in [0.2, 0.25) is 0 Å². The fourth-order valence-corrected chi connectivity index (χ4v) is 4.66. The Morgan fingerprint density at radius 1 is 1.55 bits per heavy atom. The molecule has 128 valence electrons. The van der Waals surface area contributed by atoms with Crippen molar-refractivity contribution in [2.24, 2.45) is 11.7 Å². The number of carbonyl (C=O) groups is 1. The summed E-state index contributed by atoms with van der Waals surface area (Å²) in [4.78, 5) is 15.3. The molecule has 0 fully saturated rings. The van der Waals surface area contributed by atoms with E-state index in [1.807, 2.05) is 13.8 Å². The van der Waals surface area contributed by atoms with Crippen LogP contribution in [0.1, 0.15) is 37.7 Å². The molecule has 0 saturated heterocycles. The predicted molar refractivity (Wildman–Crippen MR) is 87.9 cm³/mol. The average Bonchev–Trinajstić information content (AvgIpc) is 2.86. The summed E-state index contributed by atoms with van der Waals surface area (Å²) in [5.74, 6) is -0.516. The fourth-order valence-electron chi connectivity index (χ4n) is 2.10. The zero-order valence-electron chi connectivity index (χ0n) is 13.0. The number of nitrogens with one attached hydrogen (secondary N) is 1. The molecule has 22 heavy (non-hydrogen) atoms. The number of nitrogens with zero attached hydrogens (tertiary/aromatic N) is 1. The van der Waals surface area contributed by atoms with Crippen LogP contribution >= 0.6 is 23.7 Å². The van der Waals surface area contributed by atoms with Gasteiger partial charge in [0.2, 0.25) is 0 Å². The summed E-state index contributed by atoms with van der Waals surface area (Å²) in [6.07, 6.45) is 0.578. The molecule has 1 unspecified atom stereocenters. The molecule has 0 spiro atoms. The molecule has 0 aliphatic heterocycles. The van der Waals surface area contributed by atoms with Crippen molar-refractivity contribution in [3.05, 3.63) is 11.2 Å². The largest absolute Gasteiger partial charge is 0.464 e. The van der Waals surface area contributed by atoms with Crippen LogP contribution in [0.5, 0.6) is 0 Å².